The van der Waals surface area contributed by atoms with Crippen LogP contribution in [0.3, 0.4) is 0 Å². The molecule has 0 unspecified atom stereocenters. The van der Waals surface area contributed by atoms with Crippen LogP contribution in [0, 0.1) is 27.2 Å². The molecule has 0 radical (unpaired) electrons. The topological polar surface area (TPSA) is 134 Å². The number of aryl methyl sites for hydroxylation is 1. The number of hydrogen-bond acceptors (Lipinski definition) is 7. The molecule has 0 saturated carbocycles. The molecule has 1 N–H and O–H groups in total. The highest BCUT2D eigenvalue weighted by Crippen LogP contribution is 2.39. The van der Waals surface area contributed by atoms with Gasteiger partial charge in [0.1, 0.15) is 5.75 Å². The van der Waals surface area contributed by atoms with Gasteiger partial charge in [0.25, 0.3) is 11.7 Å². The molecule has 1 amide bonds. The monoisotopic (exact) mass is 361 g/mol. The zero-order chi connectivity index (χ0) is 19.3. The first-order valence-electron chi connectivity index (χ1n) is 7.32. The van der Waals surface area contributed by atoms with Crippen molar-refractivity contribution in [2.45, 2.75) is 6.92 Å². The Kier molecular flexibility index (Phi) is 5.68. The lowest BCUT2D eigenvalue weighted by atomic mass is 10.2. The molecule has 0 aliphatic rings. The number of nitro benzene ring substituents is 2. The minimum Gasteiger partial charge on any atom is -0.485 e. The van der Waals surface area contributed by atoms with E-state index < -0.39 is 32.9 Å². The summed E-state index contributed by atoms with van der Waals surface area (Å²) in [5.41, 5.74) is -0.535. The van der Waals surface area contributed by atoms with E-state index in [0.717, 1.165) is 24.8 Å². The SMILES string of the molecule is COc1c([N+](=O)[O-])cc(NC(=O)COc2ccccc2C)cc1[N+](=O)[O-]. The molecule has 2 rings (SSSR count). The van der Waals surface area contributed by atoms with Gasteiger partial charge in [-0.3, -0.25) is 25.0 Å². The van der Waals surface area contributed by atoms with E-state index in [1.165, 1.54) is 0 Å². The van der Waals surface area contributed by atoms with Gasteiger partial charge in [0.05, 0.1) is 22.6 Å². The highest BCUT2D eigenvalue weighted by atomic mass is 16.6. The fourth-order valence-electron chi connectivity index (χ4n) is 2.21. The van der Waals surface area contributed by atoms with Crippen molar-refractivity contribution in [3.05, 3.63) is 62.2 Å². The van der Waals surface area contributed by atoms with Gasteiger partial charge in [0.2, 0.25) is 0 Å². The van der Waals surface area contributed by atoms with Crippen molar-refractivity contribution in [3.8, 4) is 11.5 Å². The summed E-state index contributed by atoms with van der Waals surface area (Å²) >= 11 is 0. The Hall–Kier alpha value is -3.69. The van der Waals surface area contributed by atoms with Crippen LogP contribution in [0.25, 0.3) is 0 Å². The second-order valence-electron chi connectivity index (χ2n) is 5.16. The number of amides is 1. The number of rotatable bonds is 7. The van der Waals surface area contributed by atoms with Crippen molar-refractivity contribution >= 4 is 23.0 Å². The number of anilines is 1. The Bertz CT molecular complexity index is 832. The molecule has 0 saturated heterocycles. The molecular weight excluding hydrogens is 346 g/mol. The number of nitrogens with zero attached hydrogens (tertiary/aromatic N) is 2. The van der Waals surface area contributed by atoms with Gasteiger partial charge in [0.15, 0.2) is 6.61 Å². The number of nitro groups is 2. The summed E-state index contributed by atoms with van der Waals surface area (Å²) < 4.78 is 10.1. The number of nitrogens with one attached hydrogen (secondary N) is 1. The lowest BCUT2D eigenvalue weighted by Gasteiger charge is -2.10. The summed E-state index contributed by atoms with van der Waals surface area (Å²) in [6.07, 6.45) is 0. The predicted octanol–water partition coefficient (Wildman–Crippen LogP) is 2.84. The zero-order valence-corrected chi connectivity index (χ0v) is 13.9. The molecule has 2 aromatic carbocycles. The smallest absolute Gasteiger partial charge is 0.320 e. The minimum atomic E-state index is -0.828. The van der Waals surface area contributed by atoms with Crippen molar-refractivity contribution in [2.75, 3.05) is 19.0 Å². The average Bonchev–Trinajstić information content (AvgIpc) is 2.60. The Morgan fingerprint density at radius 3 is 2.19 bits per heavy atom. The molecular formula is C16H15N3O7. The zero-order valence-electron chi connectivity index (χ0n) is 13.9. The van der Waals surface area contributed by atoms with Crippen molar-refractivity contribution in [3.63, 3.8) is 0 Å². The molecule has 0 aromatic heterocycles. The summed E-state index contributed by atoms with van der Waals surface area (Å²) in [6.45, 7) is 1.45. The number of para-hydroxylation sites is 1. The Morgan fingerprint density at radius 2 is 1.69 bits per heavy atom. The molecule has 0 heterocycles. The average molecular weight is 361 g/mol. The maximum atomic E-state index is 12.0. The Morgan fingerprint density at radius 1 is 1.12 bits per heavy atom. The van der Waals surface area contributed by atoms with Crippen LogP contribution < -0.4 is 14.8 Å². The van der Waals surface area contributed by atoms with Crippen molar-refractivity contribution in [2.24, 2.45) is 0 Å². The molecule has 0 bridgehead atoms. The maximum absolute atomic E-state index is 12.0. The highest BCUT2D eigenvalue weighted by Gasteiger charge is 2.28. The molecule has 0 aliphatic carbocycles. The molecule has 136 valence electrons. The fourth-order valence-corrected chi connectivity index (χ4v) is 2.21. The summed E-state index contributed by atoms with van der Waals surface area (Å²) in [5, 5.41) is 24.6. The van der Waals surface area contributed by atoms with Gasteiger partial charge >= 0.3 is 11.4 Å². The van der Waals surface area contributed by atoms with Crippen LogP contribution in [0.4, 0.5) is 17.1 Å². The van der Waals surface area contributed by atoms with Crippen LogP contribution in [0.1, 0.15) is 5.56 Å². The Balaban J connectivity index is 2.20. The second-order valence-corrected chi connectivity index (χ2v) is 5.16. The first-order chi connectivity index (χ1) is 12.3. The lowest BCUT2D eigenvalue weighted by molar-refractivity contribution is -0.395. The highest BCUT2D eigenvalue weighted by molar-refractivity contribution is 5.93. The quantitative estimate of drug-likeness (QED) is 0.592. The van der Waals surface area contributed by atoms with Gasteiger partial charge in [0, 0.05) is 12.1 Å². The molecule has 0 atom stereocenters. The third-order valence-electron chi connectivity index (χ3n) is 3.38. The van der Waals surface area contributed by atoms with Crippen LogP contribution in [-0.4, -0.2) is 29.5 Å². The van der Waals surface area contributed by atoms with E-state index in [1.54, 1.807) is 12.1 Å². The molecule has 0 aliphatic heterocycles. The van der Waals surface area contributed by atoms with E-state index in [-0.39, 0.29) is 12.3 Å². The van der Waals surface area contributed by atoms with Gasteiger partial charge in [-0.15, -0.1) is 0 Å². The largest absolute Gasteiger partial charge is 0.485 e. The first-order valence-corrected chi connectivity index (χ1v) is 7.32. The van der Waals surface area contributed by atoms with Gasteiger partial charge in [-0.1, -0.05) is 18.2 Å². The van der Waals surface area contributed by atoms with Crippen LogP contribution >= 0.6 is 0 Å². The molecule has 0 fully saturated rings. The Labute approximate surface area is 147 Å². The fraction of sp³-hybridized carbons (Fsp3) is 0.188. The van der Waals surface area contributed by atoms with Crippen molar-refractivity contribution in [1.82, 2.24) is 0 Å². The summed E-state index contributed by atoms with van der Waals surface area (Å²) in [6, 6.07) is 9.03. The van der Waals surface area contributed by atoms with E-state index in [0.29, 0.717) is 5.75 Å². The lowest BCUT2D eigenvalue weighted by Crippen LogP contribution is -2.20. The normalized spacial score (nSPS) is 10.1. The van der Waals surface area contributed by atoms with Crippen LogP contribution in [0.5, 0.6) is 11.5 Å². The number of ether oxygens (including phenoxy) is 2. The van der Waals surface area contributed by atoms with E-state index in [2.05, 4.69) is 5.32 Å². The van der Waals surface area contributed by atoms with Crippen molar-refractivity contribution < 1.29 is 24.1 Å². The molecule has 10 heteroatoms. The second kappa shape index (κ2) is 7.92. The van der Waals surface area contributed by atoms with Crippen LogP contribution in [-0.2, 0) is 4.79 Å². The third kappa shape index (κ3) is 4.23. The van der Waals surface area contributed by atoms with Crippen molar-refractivity contribution in [1.29, 1.82) is 0 Å². The number of carbonyl (C=O) groups is 1. The first kappa shape index (κ1) is 18.6. The van der Waals surface area contributed by atoms with E-state index >= 15 is 0 Å². The van der Waals surface area contributed by atoms with Gasteiger partial charge in [-0.05, 0) is 18.6 Å². The summed E-state index contributed by atoms with van der Waals surface area (Å²) in [4.78, 5) is 32.6. The van der Waals surface area contributed by atoms with Gasteiger partial charge in [-0.25, -0.2) is 0 Å². The standard InChI is InChI=1S/C16H15N3O7/c1-10-5-3-4-6-14(10)26-9-15(20)17-11-7-12(18(21)22)16(25-2)13(8-11)19(23)24/h3-8H,9H2,1-2H3,(H,17,20). The van der Waals surface area contributed by atoms with Gasteiger partial charge < -0.3 is 14.8 Å². The van der Waals surface area contributed by atoms with E-state index in [4.69, 9.17) is 9.47 Å². The maximum Gasteiger partial charge on any atom is 0.320 e. The van der Waals surface area contributed by atoms with E-state index in [1.807, 2.05) is 19.1 Å². The number of methoxy groups -OCH3 is 1. The summed E-state index contributed by atoms with van der Waals surface area (Å²) in [5.74, 6) is -0.606. The van der Waals surface area contributed by atoms with Crippen LogP contribution in [0.2, 0.25) is 0 Å². The number of benzene rings is 2. The third-order valence-corrected chi connectivity index (χ3v) is 3.38. The predicted molar refractivity (Wildman–Crippen MR) is 91.6 cm³/mol. The van der Waals surface area contributed by atoms with Gasteiger partial charge in [-0.2, -0.15) is 0 Å². The summed E-state index contributed by atoms with van der Waals surface area (Å²) in [7, 11) is 1.09. The molecule has 26 heavy (non-hydrogen) atoms. The number of carbonyl (C=O) groups excluding carboxylic acids is 1. The van der Waals surface area contributed by atoms with E-state index in [9.17, 15) is 25.0 Å². The van der Waals surface area contributed by atoms with Crippen LogP contribution in [0.15, 0.2) is 36.4 Å². The molecule has 10 nitrogen and oxygen atoms in total. The minimum absolute atomic E-state index is 0.109. The molecule has 2 aromatic rings. The number of hydrogen-bond donors (Lipinski definition) is 1. The molecule has 0 spiro atoms.